The van der Waals surface area contributed by atoms with Crippen LogP contribution in [0.1, 0.15) is 21.6 Å². The van der Waals surface area contributed by atoms with E-state index in [2.05, 4.69) is 10.3 Å². The molecule has 5 rings (SSSR count). The van der Waals surface area contributed by atoms with E-state index in [1.807, 2.05) is 104 Å². The highest BCUT2D eigenvalue weighted by Crippen LogP contribution is 2.31. The van der Waals surface area contributed by atoms with Crippen molar-refractivity contribution in [1.82, 2.24) is 4.98 Å². The number of benzene rings is 4. The van der Waals surface area contributed by atoms with Gasteiger partial charge in [-0.3, -0.25) is 9.78 Å². The Balaban J connectivity index is 1.55. The molecule has 4 nitrogen and oxygen atoms in total. The maximum Gasteiger partial charge on any atom is 0.260 e. The van der Waals surface area contributed by atoms with E-state index >= 15 is 0 Å². The van der Waals surface area contributed by atoms with E-state index in [-0.39, 0.29) is 5.91 Å². The zero-order valence-electron chi connectivity index (χ0n) is 17.7. The summed E-state index contributed by atoms with van der Waals surface area (Å²) in [4.78, 5) is 18.2. The van der Waals surface area contributed by atoms with Gasteiger partial charge in [-0.1, -0.05) is 78.9 Å². The van der Waals surface area contributed by atoms with Gasteiger partial charge >= 0.3 is 0 Å². The number of nitrogens with zero attached hydrogens (tertiary/aromatic N) is 1. The number of fused-ring (bicyclic) bond motifs is 2. The van der Waals surface area contributed by atoms with Crippen molar-refractivity contribution in [3.05, 3.63) is 114 Å². The molecule has 0 saturated heterocycles. The summed E-state index contributed by atoms with van der Waals surface area (Å²) in [5.41, 5.74) is 3.91. The first-order valence-corrected chi connectivity index (χ1v) is 10.6. The second-order valence-electron chi connectivity index (χ2n) is 7.72. The standard InChI is InChI=1S/C28H22N2O2/c1-19-14-15-22-11-7-13-24(27(22)29-19)30-28(31)26-23-12-6-5-10-21(23)16-17-25(26)32-18-20-8-3-2-4-9-20/h2-17H,18H2,1H3,(H,30,31). The smallest absolute Gasteiger partial charge is 0.260 e. The van der Waals surface area contributed by atoms with Gasteiger partial charge < -0.3 is 10.1 Å². The van der Waals surface area contributed by atoms with Gasteiger partial charge in [0.2, 0.25) is 0 Å². The second kappa shape index (κ2) is 8.52. The van der Waals surface area contributed by atoms with Gasteiger partial charge in [-0.15, -0.1) is 0 Å². The normalized spacial score (nSPS) is 10.9. The lowest BCUT2D eigenvalue weighted by Gasteiger charge is -2.15. The Kier molecular flexibility index (Phi) is 5.26. The predicted molar refractivity (Wildman–Crippen MR) is 129 cm³/mol. The SMILES string of the molecule is Cc1ccc2cccc(NC(=O)c3c(OCc4ccccc4)ccc4ccccc34)c2n1. The number of aryl methyl sites for hydroxylation is 1. The van der Waals surface area contributed by atoms with Crippen LogP contribution in [0.15, 0.2) is 97.1 Å². The Bertz CT molecular complexity index is 1430. The zero-order valence-corrected chi connectivity index (χ0v) is 17.7. The summed E-state index contributed by atoms with van der Waals surface area (Å²) < 4.78 is 6.12. The van der Waals surface area contributed by atoms with Gasteiger partial charge in [0.15, 0.2) is 0 Å². The van der Waals surface area contributed by atoms with Crippen molar-refractivity contribution in [2.24, 2.45) is 0 Å². The minimum Gasteiger partial charge on any atom is -0.488 e. The lowest BCUT2D eigenvalue weighted by atomic mass is 10.0. The number of carbonyl (C=O) groups is 1. The predicted octanol–water partition coefficient (Wildman–Crippen LogP) is 6.53. The van der Waals surface area contributed by atoms with E-state index in [4.69, 9.17) is 4.74 Å². The number of hydrogen-bond donors (Lipinski definition) is 1. The zero-order chi connectivity index (χ0) is 21.9. The minimum absolute atomic E-state index is 0.222. The van der Waals surface area contributed by atoms with Crippen LogP contribution in [0.5, 0.6) is 5.75 Å². The topological polar surface area (TPSA) is 51.2 Å². The molecule has 0 aliphatic rings. The molecule has 0 aliphatic heterocycles. The number of aromatic nitrogens is 1. The molecule has 0 spiro atoms. The van der Waals surface area contributed by atoms with E-state index < -0.39 is 0 Å². The van der Waals surface area contributed by atoms with Gasteiger partial charge in [-0.05, 0) is 41.5 Å². The molecule has 0 fully saturated rings. The van der Waals surface area contributed by atoms with Crippen molar-refractivity contribution in [2.75, 3.05) is 5.32 Å². The van der Waals surface area contributed by atoms with E-state index in [1.165, 1.54) is 0 Å². The lowest BCUT2D eigenvalue weighted by molar-refractivity contribution is 0.102. The van der Waals surface area contributed by atoms with E-state index in [0.717, 1.165) is 32.9 Å². The fourth-order valence-electron chi connectivity index (χ4n) is 3.87. The highest BCUT2D eigenvalue weighted by molar-refractivity contribution is 6.16. The molecule has 4 heteroatoms. The number of para-hydroxylation sites is 1. The Hall–Kier alpha value is -4.18. The molecule has 32 heavy (non-hydrogen) atoms. The number of amides is 1. The quantitative estimate of drug-likeness (QED) is 0.353. The first-order chi connectivity index (χ1) is 15.7. The summed E-state index contributed by atoms with van der Waals surface area (Å²) in [5.74, 6) is 0.329. The van der Waals surface area contributed by atoms with Gasteiger partial charge in [0.05, 0.1) is 16.8 Å². The number of rotatable bonds is 5. The van der Waals surface area contributed by atoms with E-state index in [9.17, 15) is 4.79 Å². The number of ether oxygens (including phenoxy) is 1. The van der Waals surface area contributed by atoms with Gasteiger partial charge in [-0.2, -0.15) is 0 Å². The van der Waals surface area contributed by atoms with Crippen LogP contribution in [0.4, 0.5) is 5.69 Å². The Morgan fingerprint density at radius 3 is 2.44 bits per heavy atom. The molecule has 0 saturated carbocycles. The molecule has 0 bridgehead atoms. The molecular formula is C28H22N2O2. The van der Waals surface area contributed by atoms with Gasteiger partial charge in [0, 0.05) is 11.1 Å². The highest BCUT2D eigenvalue weighted by Gasteiger charge is 2.18. The molecule has 1 N–H and O–H groups in total. The van der Waals surface area contributed by atoms with Crippen LogP contribution in [0.2, 0.25) is 0 Å². The number of nitrogens with one attached hydrogen (secondary N) is 1. The molecule has 0 aliphatic carbocycles. The largest absolute Gasteiger partial charge is 0.488 e. The lowest BCUT2D eigenvalue weighted by Crippen LogP contribution is -2.15. The Morgan fingerprint density at radius 1 is 0.812 bits per heavy atom. The number of anilines is 1. The third-order valence-corrected chi connectivity index (χ3v) is 5.46. The molecule has 156 valence electrons. The first kappa shape index (κ1) is 19.8. The number of carbonyl (C=O) groups excluding carboxylic acids is 1. The summed E-state index contributed by atoms with van der Waals surface area (Å²) in [5, 5.41) is 5.89. The third-order valence-electron chi connectivity index (χ3n) is 5.46. The highest BCUT2D eigenvalue weighted by atomic mass is 16.5. The maximum atomic E-state index is 13.6. The Labute approximate surface area is 186 Å². The van der Waals surface area contributed by atoms with Crippen LogP contribution in [0, 0.1) is 6.92 Å². The van der Waals surface area contributed by atoms with Crippen LogP contribution < -0.4 is 10.1 Å². The van der Waals surface area contributed by atoms with Crippen molar-refractivity contribution >= 4 is 33.3 Å². The summed E-state index contributed by atoms with van der Waals surface area (Å²) >= 11 is 0. The van der Waals surface area contributed by atoms with Crippen molar-refractivity contribution in [1.29, 1.82) is 0 Å². The number of hydrogen-bond acceptors (Lipinski definition) is 3. The fraction of sp³-hybridized carbons (Fsp3) is 0.0714. The summed E-state index contributed by atoms with van der Waals surface area (Å²) in [7, 11) is 0. The maximum absolute atomic E-state index is 13.6. The molecular weight excluding hydrogens is 396 g/mol. The average molecular weight is 418 g/mol. The molecule has 0 atom stereocenters. The minimum atomic E-state index is -0.222. The Morgan fingerprint density at radius 2 is 1.56 bits per heavy atom. The fourth-order valence-corrected chi connectivity index (χ4v) is 3.87. The van der Waals surface area contributed by atoms with Gasteiger partial charge in [-0.25, -0.2) is 0 Å². The van der Waals surface area contributed by atoms with Crippen LogP contribution in [-0.2, 0) is 6.61 Å². The molecule has 5 aromatic rings. The first-order valence-electron chi connectivity index (χ1n) is 10.6. The molecule has 1 heterocycles. The molecule has 4 aromatic carbocycles. The molecule has 1 aromatic heterocycles. The molecule has 0 unspecified atom stereocenters. The van der Waals surface area contributed by atoms with Crippen molar-refractivity contribution in [2.45, 2.75) is 13.5 Å². The van der Waals surface area contributed by atoms with Crippen LogP contribution in [0.25, 0.3) is 21.7 Å². The summed E-state index contributed by atoms with van der Waals surface area (Å²) in [6.45, 7) is 2.33. The van der Waals surface area contributed by atoms with E-state index in [0.29, 0.717) is 23.6 Å². The van der Waals surface area contributed by atoms with Crippen LogP contribution in [-0.4, -0.2) is 10.9 Å². The number of pyridine rings is 1. The average Bonchev–Trinajstić information content (AvgIpc) is 2.83. The van der Waals surface area contributed by atoms with Crippen molar-refractivity contribution < 1.29 is 9.53 Å². The summed E-state index contributed by atoms with van der Waals surface area (Å²) in [6.07, 6.45) is 0. The van der Waals surface area contributed by atoms with E-state index in [1.54, 1.807) is 0 Å². The monoisotopic (exact) mass is 418 g/mol. The van der Waals surface area contributed by atoms with Gasteiger partial charge in [0.25, 0.3) is 5.91 Å². The van der Waals surface area contributed by atoms with Crippen LogP contribution in [0.3, 0.4) is 0 Å². The van der Waals surface area contributed by atoms with Gasteiger partial charge in [0.1, 0.15) is 12.4 Å². The van der Waals surface area contributed by atoms with Crippen LogP contribution >= 0.6 is 0 Å². The summed E-state index contributed by atoms with van der Waals surface area (Å²) in [6, 6.07) is 31.4. The van der Waals surface area contributed by atoms with Crippen molar-refractivity contribution in [3.8, 4) is 5.75 Å². The molecule has 1 amide bonds. The van der Waals surface area contributed by atoms with Crippen molar-refractivity contribution in [3.63, 3.8) is 0 Å². The second-order valence-corrected chi connectivity index (χ2v) is 7.72. The third kappa shape index (κ3) is 3.91. The molecule has 0 radical (unpaired) electrons.